The van der Waals surface area contributed by atoms with Crippen LogP contribution in [0.3, 0.4) is 0 Å². The van der Waals surface area contributed by atoms with E-state index in [0.29, 0.717) is 5.56 Å². The highest BCUT2D eigenvalue weighted by Crippen LogP contribution is 2.43. The van der Waals surface area contributed by atoms with E-state index >= 15 is 0 Å². The van der Waals surface area contributed by atoms with Crippen molar-refractivity contribution in [3.8, 4) is 11.6 Å². The zero-order chi connectivity index (χ0) is 19.2. The summed E-state index contributed by atoms with van der Waals surface area (Å²) in [5.41, 5.74) is 0.726. The molecule has 4 rings (SSSR count). The van der Waals surface area contributed by atoms with Crippen molar-refractivity contribution in [2.45, 2.75) is 18.9 Å². The van der Waals surface area contributed by atoms with Crippen LogP contribution in [0.4, 0.5) is 23.7 Å². The third kappa shape index (κ3) is 3.19. The maximum absolute atomic E-state index is 13.0. The summed E-state index contributed by atoms with van der Waals surface area (Å²) in [6, 6.07) is 6.63. The van der Waals surface area contributed by atoms with Crippen LogP contribution >= 0.6 is 0 Å². The summed E-state index contributed by atoms with van der Waals surface area (Å²) in [6.07, 6.45) is -5.22. The van der Waals surface area contributed by atoms with Crippen molar-refractivity contribution in [1.82, 2.24) is 10.3 Å². The van der Waals surface area contributed by atoms with E-state index in [1.807, 2.05) is 0 Å². The molecule has 2 aliphatic heterocycles. The van der Waals surface area contributed by atoms with Crippen LogP contribution in [0.5, 0.6) is 11.6 Å². The number of carbonyl (C=O) groups is 2. The highest BCUT2D eigenvalue weighted by atomic mass is 19.4. The summed E-state index contributed by atoms with van der Waals surface area (Å²) in [4.78, 5) is 28.2. The van der Waals surface area contributed by atoms with E-state index < -0.39 is 24.2 Å². The second-order valence-corrected chi connectivity index (χ2v) is 5.94. The van der Waals surface area contributed by atoms with Gasteiger partial charge in [0.05, 0.1) is 25.0 Å². The van der Waals surface area contributed by atoms with Crippen LogP contribution in [0, 0.1) is 0 Å². The number of pyridine rings is 1. The molecular weight excluding hydrogens is 367 g/mol. The van der Waals surface area contributed by atoms with Crippen molar-refractivity contribution in [3.63, 3.8) is 0 Å². The van der Waals surface area contributed by atoms with Gasteiger partial charge in [0, 0.05) is 6.07 Å². The average molecular weight is 379 g/mol. The highest BCUT2D eigenvalue weighted by Gasteiger charge is 2.46. The number of nitrogens with one attached hydrogen (secondary N) is 1. The molecule has 1 unspecified atom stereocenters. The number of alkyl halides is 3. The molecule has 140 valence electrons. The average Bonchev–Trinajstić information content (AvgIpc) is 3.19. The lowest BCUT2D eigenvalue weighted by Crippen LogP contribution is -2.30. The molecule has 7 nitrogen and oxygen atoms in total. The molecule has 27 heavy (non-hydrogen) atoms. The van der Waals surface area contributed by atoms with E-state index in [0.717, 1.165) is 4.90 Å². The Balaban J connectivity index is 1.53. The molecular formula is C17H12F3N3O4. The third-order valence-electron chi connectivity index (χ3n) is 4.15. The quantitative estimate of drug-likeness (QED) is 0.829. The van der Waals surface area contributed by atoms with Crippen molar-refractivity contribution in [2.24, 2.45) is 0 Å². The van der Waals surface area contributed by atoms with Crippen molar-refractivity contribution >= 4 is 17.6 Å². The van der Waals surface area contributed by atoms with Crippen LogP contribution in [0.15, 0.2) is 36.5 Å². The molecule has 2 aromatic rings. The Morgan fingerprint density at radius 2 is 2.04 bits per heavy atom. The van der Waals surface area contributed by atoms with Gasteiger partial charge in [0.15, 0.2) is 6.10 Å². The largest absolute Gasteiger partial charge is 0.439 e. The van der Waals surface area contributed by atoms with E-state index in [1.54, 1.807) is 0 Å². The number of imide groups is 1. The summed E-state index contributed by atoms with van der Waals surface area (Å²) < 4.78 is 49.3. The Hall–Kier alpha value is -3.14. The van der Waals surface area contributed by atoms with Crippen LogP contribution in [0.25, 0.3) is 0 Å². The van der Waals surface area contributed by atoms with Crippen molar-refractivity contribution in [1.29, 1.82) is 0 Å². The molecule has 3 heterocycles. The monoisotopic (exact) mass is 379 g/mol. The molecule has 1 atom stereocenters. The number of urea groups is 1. The number of nitrogens with zero attached hydrogens (tertiary/aromatic N) is 2. The van der Waals surface area contributed by atoms with Crippen molar-refractivity contribution in [2.75, 3.05) is 11.4 Å². The van der Waals surface area contributed by atoms with E-state index in [1.165, 1.54) is 36.5 Å². The van der Waals surface area contributed by atoms with Gasteiger partial charge >= 0.3 is 12.2 Å². The number of aromatic nitrogens is 1. The molecule has 0 radical (unpaired) electrons. The molecule has 1 N–H and O–H groups in total. The lowest BCUT2D eigenvalue weighted by atomic mass is 10.0. The Morgan fingerprint density at radius 3 is 2.67 bits per heavy atom. The lowest BCUT2D eigenvalue weighted by molar-refractivity contribution is -0.219. The lowest BCUT2D eigenvalue weighted by Gasteiger charge is -2.15. The predicted octanol–water partition coefficient (Wildman–Crippen LogP) is 3.06. The first-order valence-electron chi connectivity index (χ1n) is 7.89. The van der Waals surface area contributed by atoms with Gasteiger partial charge in [-0.05, 0) is 29.3 Å². The summed E-state index contributed by atoms with van der Waals surface area (Å²) in [7, 11) is 0. The minimum atomic E-state index is -4.51. The number of hydrogen-bond acceptors (Lipinski definition) is 5. The molecule has 1 fully saturated rings. The fraction of sp³-hybridized carbons (Fsp3) is 0.235. The van der Waals surface area contributed by atoms with Gasteiger partial charge in [0.25, 0.3) is 5.91 Å². The van der Waals surface area contributed by atoms with Gasteiger partial charge < -0.3 is 14.8 Å². The number of hydrogen-bond donors (Lipinski definition) is 1. The Bertz CT molecular complexity index is 899. The van der Waals surface area contributed by atoms with Crippen LogP contribution in [-0.2, 0) is 16.1 Å². The standard InChI is InChI=1S/C17H12F3N3O4/c18-17(19,20)15-12-5-11(3-1-9(12)8-26-15)27-13-4-2-10(6-21-13)23-14(24)7-22-16(23)25/h1-6,15H,7-8H2,(H,22,25). The van der Waals surface area contributed by atoms with Crippen molar-refractivity contribution in [3.05, 3.63) is 47.7 Å². The van der Waals surface area contributed by atoms with Crippen LogP contribution < -0.4 is 15.0 Å². The Morgan fingerprint density at radius 1 is 1.22 bits per heavy atom. The Labute approximate surface area is 150 Å². The SMILES string of the molecule is O=C1CNC(=O)N1c1ccc(Oc2ccc3c(c2)C(C(F)(F)F)OC3)nc1. The molecule has 1 saturated heterocycles. The maximum atomic E-state index is 13.0. The summed E-state index contributed by atoms with van der Waals surface area (Å²) >= 11 is 0. The predicted molar refractivity (Wildman–Crippen MR) is 85.2 cm³/mol. The fourth-order valence-corrected chi connectivity index (χ4v) is 2.92. The van der Waals surface area contributed by atoms with Gasteiger partial charge in [-0.3, -0.25) is 4.79 Å². The number of ether oxygens (including phenoxy) is 2. The normalized spacial score (nSPS) is 19.2. The van der Waals surface area contributed by atoms with E-state index in [9.17, 15) is 22.8 Å². The van der Waals surface area contributed by atoms with E-state index in [-0.39, 0.29) is 36.0 Å². The molecule has 0 aliphatic carbocycles. The molecule has 10 heteroatoms. The topological polar surface area (TPSA) is 80.8 Å². The van der Waals surface area contributed by atoms with E-state index in [4.69, 9.17) is 9.47 Å². The van der Waals surface area contributed by atoms with Crippen molar-refractivity contribution < 1.29 is 32.2 Å². The van der Waals surface area contributed by atoms with Crippen LogP contribution in [0.2, 0.25) is 0 Å². The molecule has 1 aromatic carbocycles. The fourth-order valence-electron chi connectivity index (χ4n) is 2.92. The zero-order valence-corrected chi connectivity index (χ0v) is 13.6. The van der Waals surface area contributed by atoms with Gasteiger partial charge in [-0.15, -0.1) is 0 Å². The highest BCUT2D eigenvalue weighted by molar-refractivity contribution is 6.19. The summed E-state index contributed by atoms with van der Waals surface area (Å²) in [5, 5.41) is 2.39. The number of rotatable bonds is 3. The Kier molecular flexibility index (Phi) is 3.99. The summed E-state index contributed by atoms with van der Waals surface area (Å²) in [6.45, 7) is -0.201. The molecule has 0 bridgehead atoms. The molecule has 3 amide bonds. The molecule has 2 aliphatic rings. The first-order chi connectivity index (χ1) is 12.8. The van der Waals surface area contributed by atoms with Gasteiger partial charge in [-0.25, -0.2) is 14.7 Å². The number of anilines is 1. The van der Waals surface area contributed by atoms with Crippen LogP contribution in [-0.4, -0.2) is 29.6 Å². The second kappa shape index (κ2) is 6.23. The maximum Gasteiger partial charge on any atom is 0.418 e. The zero-order valence-electron chi connectivity index (χ0n) is 13.6. The van der Waals surface area contributed by atoms with Crippen LogP contribution in [0.1, 0.15) is 17.2 Å². The minimum Gasteiger partial charge on any atom is -0.439 e. The first kappa shape index (κ1) is 17.3. The first-order valence-corrected chi connectivity index (χ1v) is 7.89. The van der Waals surface area contributed by atoms with E-state index in [2.05, 4.69) is 10.3 Å². The molecule has 0 spiro atoms. The van der Waals surface area contributed by atoms with Gasteiger partial charge in [0.1, 0.15) is 5.75 Å². The number of halogens is 3. The number of amides is 3. The second-order valence-electron chi connectivity index (χ2n) is 5.94. The van der Waals surface area contributed by atoms with Gasteiger partial charge in [0.2, 0.25) is 5.88 Å². The molecule has 1 aromatic heterocycles. The number of benzene rings is 1. The van der Waals surface area contributed by atoms with Gasteiger partial charge in [-0.2, -0.15) is 13.2 Å². The smallest absolute Gasteiger partial charge is 0.418 e. The number of carbonyl (C=O) groups excluding carboxylic acids is 2. The molecule has 0 saturated carbocycles. The minimum absolute atomic E-state index is 0.0101. The number of fused-ring (bicyclic) bond motifs is 1. The van der Waals surface area contributed by atoms with Gasteiger partial charge in [-0.1, -0.05) is 6.07 Å². The third-order valence-corrected chi connectivity index (χ3v) is 4.15. The summed E-state index contributed by atoms with van der Waals surface area (Å²) in [5.74, 6) is -0.135.